The maximum Gasteiger partial charge on any atom is 2.00 e. The van der Waals surface area contributed by atoms with Crippen LogP contribution >= 0.6 is 0 Å². The Morgan fingerprint density at radius 3 is 1.07 bits per heavy atom. The molecular weight excluding hydrogens is 301 g/mol. The van der Waals surface area contributed by atoms with Gasteiger partial charge >= 0.3 is 32.2 Å². The number of alkyl halides is 3. The van der Waals surface area contributed by atoms with Crippen molar-refractivity contribution < 1.29 is 62.9 Å². The van der Waals surface area contributed by atoms with Crippen LogP contribution in [0.25, 0.3) is 0 Å². The van der Waals surface area contributed by atoms with Gasteiger partial charge in [0.2, 0.25) is 0 Å². The standard InChI is InChI=1S/CHF3O3S.BF4.Zn/c2-1(3,4)8(5,6)7;2-1(3,4)5;/h(H,5,6,7);;/q;-1;+2/p-1. The number of hydrogen-bond acceptors (Lipinski definition) is 3. The predicted molar refractivity (Wildman–Crippen MR) is 25.9 cm³/mol. The first kappa shape index (κ1) is 19.6. The zero-order valence-electron chi connectivity index (χ0n) is 6.06. The first-order chi connectivity index (χ1) is 5.25. The molecule has 0 radical (unpaired) electrons. The van der Waals surface area contributed by atoms with Crippen LogP contribution in [0.15, 0.2) is 0 Å². The van der Waals surface area contributed by atoms with E-state index in [9.17, 15) is 30.4 Å². The van der Waals surface area contributed by atoms with Gasteiger partial charge in [0.05, 0.1) is 0 Å². The van der Waals surface area contributed by atoms with Gasteiger partial charge in [0.25, 0.3) is 0 Å². The van der Waals surface area contributed by atoms with E-state index in [1.807, 2.05) is 0 Å². The summed E-state index contributed by atoms with van der Waals surface area (Å²) >= 11 is 0. The molecule has 0 unspecified atom stereocenters. The SMILES string of the molecule is F[B-](F)(F)F.O=S(=O)([O-])C(F)(F)F.[Zn+2]. The Kier molecular flexibility index (Phi) is 8.22. The quantitative estimate of drug-likeness (QED) is 0.294. The van der Waals surface area contributed by atoms with E-state index >= 15 is 0 Å². The topological polar surface area (TPSA) is 57.2 Å². The average molecular weight is 301 g/mol. The molecule has 0 amide bonds. The van der Waals surface area contributed by atoms with Crippen LogP contribution in [0.5, 0.6) is 0 Å². The summed E-state index contributed by atoms with van der Waals surface area (Å²) in [5.74, 6) is 0. The maximum atomic E-state index is 10.7. The third-order valence-electron chi connectivity index (χ3n) is 0.283. The van der Waals surface area contributed by atoms with E-state index in [-0.39, 0.29) is 19.5 Å². The van der Waals surface area contributed by atoms with Crippen LogP contribution in [-0.4, -0.2) is 25.7 Å². The van der Waals surface area contributed by atoms with Crippen LogP contribution in [-0.2, 0) is 29.6 Å². The van der Waals surface area contributed by atoms with Crippen molar-refractivity contribution in [3.8, 4) is 0 Å². The molecule has 0 atom stereocenters. The van der Waals surface area contributed by atoms with Crippen molar-refractivity contribution in [2.45, 2.75) is 5.51 Å². The van der Waals surface area contributed by atoms with Gasteiger partial charge in [0.1, 0.15) is 0 Å². The fraction of sp³-hybridized carbons (Fsp3) is 1.00. The maximum absolute atomic E-state index is 10.7. The second-order valence-corrected chi connectivity index (χ2v) is 2.77. The van der Waals surface area contributed by atoms with Crippen LogP contribution in [0, 0.1) is 0 Å². The molecule has 0 N–H and O–H groups in total. The molecule has 14 heavy (non-hydrogen) atoms. The molecule has 0 saturated heterocycles. The normalized spacial score (nSPS) is 12.3. The summed E-state index contributed by atoms with van der Waals surface area (Å²) < 4.78 is 97.9. The van der Waals surface area contributed by atoms with Crippen molar-refractivity contribution in [2.75, 3.05) is 0 Å². The minimum Gasteiger partial charge on any atom is -0.741 e. The summed E-state index contributed by atoms with van der Waals surface area (Å²) in [7, 11) is -12.1. The van der Waals surface area contributed by atoms with Gasteiger partial charge < -0.3 is 21.8 Å². The van der Waals surface area contributed by atoms with Crippen LogP contribution in [0.1, 0.15) is 0 Å². The molecule has 0 aromatic heterocycles. The van der Waals surface area contributed by atoms with Gasteiger partial charge in [-0.2, -0.15) is 13.2 Å². The van der Waals surface area contributed by atoms with E-state index in [0.29, 0.717) is 0 Å². The van der Waals surface area contributed by atoms with E-state index in [1.54, 1.807) is 0 Å². The second kappa shape index (κ2) is 5.86. The third-order valence-corrected chi connectivity index (χ3v) is 0.850. The van der Waals surface area contributed by atoms with E-state index in [4.69, 9.17) is 13.0 Å². The zero-order chi connectivity index (χ0) is 11.5. The molecule has 0 spiro atoms. The molecule has 0 saturated carbocycles. The summed E-state index contributed by atoms with van der Waals surface area (Å²) in [6.07, 6.45) is 0. The molecule has 0 aliphatic carbocycles. The van der Waals surface area contributed by atoms with Crippen molar-refractivity contribution >= 4 is 17.4 Å². The summed E-state index contributed by atoms with van der Waals surface area (Å²) in [4.78, 5) is 0. The molecule has 0 fully saturated rings. The molecule has 0 rings (SSSR count). The van der Waals surface area contributed by atoms with Crippen molar-refractivity contribution in [1.82, 2.24) is 0 Å². The molecule has 0 aromatic rings. The molecule has 0 aliphatic heterocycles. The molecule has 13 heteroatoms. The van der Waals surface area contributed by atoms with Gasteiger partial charge in [-0.15, -0.1) is 0 Å². The molecule has 3 nitrogen and oxygen atoms in total. The van der Waals surface area contributed by atoms with Gasteiger partial charge in [-0.25, -0.2) is 8.42 Å². The Bertz CT molecular complexity index is 235. The van der Waals surface area contributed by atoms with Gasteiger partial charge in [-0.05, 0) is 0 Å². The van der Waals surface area contributed by atoms with Crippen LogP contribution in [0.4, 0.5) is 30.4 Å². The van der Waals surface area contributed by atoms with E-state index in [1.165, 1.54) is 0 Å². The molecule has 0 aromatic carbocycles. The van der Waals surface area contributed by atoms with Crippen molar-refractivity contribution in [1.29, 1.82) is 0 Å². The van der Waals surface area contributed by atoms with Crippen LogP contribution in [0.3, 0.4) is 0 Å². The minimum atomic E-state index is -6.09. The third kappa shape index (κ3) is 18.0. The molecule has 0 aliphatic rings. The summed E-state index contributed by atoms with van der Waals surface area (Å²) in [5.41, 5.74) is -5.65. The Morgan fingerprint density at radius 2 is 1.07 bits per heavy atom. The van der Waals surface area contributed by atoms with Crippen LogP contribution in [0.2, 0.25) is 0 Å². The van der Waals surface area contributed by atoms with Gasteiger partial charge in [0.15, 0.2) is 10.1 Å². The zero-order valence-corrected chi connectivity index (χ0v) is 9.85. The smallest absolute Gasteiger partial charge is 0.741 e. The predicted octanol–water partition coefficient (Wildman–Crippen LogP) is 1.35. The van der Waals surface area contributed by atoms with Crippen LogP contribution < -0.4 is 0 Å². The summed E-state index contributed by atoms with van der Waals surface area (Å²) in [6.45, 7) is 0. The number of halogens is 7. The number of hydrogen-bond donors (Lipinski definition) is 0. The Hall–Kier alpha value is 0.108. The fourth-order valence-electron chi connectivity index (χ4n) is 0. The Morgan fingerprint density at radius 1 is 1.00 bits per heavy atom. The summed E-state index contributed by atoms with van der Waals surface area (Å²) in [6, 6.07) is 0. The first-order valence-corrected chi connectivity index (χ1v) is 3.55. The van der Waals surface area contributed by atoms with Gasteiger partial charge in [0, 0.05) is 0 Å². The fourth-order valence-corrected chi connectivity index (χ4v) is 0. The minimum absolute atomic E-state index is 0. The molecular formula is CBF7O3SZn. The molecule has 82 valence electrons. The average Bonchev–Trinajstić information content (AvgIpc) is 1.50. The van der Waals surface area contributed by atoms with Crippen molar-refractivity contribution in [3.63, 3.8) is 0 Å². The van der Waals surface area contributed by atoms with Crippen molar-refractivity contribution in [2.24, 2.45) is 0 Å². The first-order valence-electron chi connectivity index (χ1n) is 2.14. The van der Waals surface area contributed by atoms with Gasteiger partial charge in [-0.3, -0.25) is 0 Å². The monoisotopic (exact) mass is 300 g/mol. The Labute approximate surface area is 86.3 Å². The van der Waals surface area contributed by atoms with Crippen molar-refractivity contribution in [3.05, 3.63) is 0 Å². The second-order valence-electron chi connectivity index (χ2n) is 1.39. The van der Waals surface area contributed by atoms with E-state index in [0.717, 1.165) is 0 Å². The number of rotatable bonds is 0. The molecule has 0 bridgehead atoms. The largest absolute Gasteiger partial charge is 2.00 e. The molecule has 0 heterocycles. The van der Waals surface area contributed by atoms with E-state index < -0.39 is 22.9 Å². The van der Waals surface area contributed by atoms with E-state index in [2.05, 4.69) is 0 Å². The summed E-state index contributed by atoms with van der Waals surface area (Å²) in [5, 5.41) is 0. The Balaban J connectivity index is -0.000000177. The van der Waals surface area contributed by atoms with Gasteiger partial charge in [-0.1, -0.05) is 0 Å².